The Morgan fingerprint density at radius 1 is 0.926 bits per heavy atom. The summed E-state index contributed by atoms with van der Waals surface area (Å²) in [5.41, 5.74) is 3.81. The molecule has 2 aromatic carbocycles. The van der Waals surface area contributed by atoms with Crippen LogP contribution in [-0.2, 0) is 0 Å². The molecule has 3 nitrogen and oxygen atoms in total. The fourth-order valence-corrected chi connectivity index (χ4v) is 5.08. The second kappa shape index (κ2) is 6.96. The molecule has 4 atom stereocenters. The molecule has 4 heteroatoms. The summed E-state index contributed by atoms with van der Waals surface area (Å²) in [6, 6.07) is 17.6. The monoisotopic (exact) mass is 380 g/mol. The summed E-state index contributed by atoms with van der Waals surface area (Å²) in [4.78, 5) is 7.85. The average molecular weight is 381 g/mol. The SMILES string of the molecule is COc1ccc([C@H]2[C@@H]3C(c4ccc(Cl)cc4)=N[C@@H](C4CCCCC4)N32)cc1. The summed E-state index contributed by atoms with van der Waals surface area (Å²) < 4.78 is 5.33. The Kier molecular flexibility index (Phi) is 4.45. The zero-order chi connectivity index (χ0) is 18.4. The highest BCUT2D eigenvalue weighted by Gasteiger charge is 2.60. The predicted octanol–water partition coefficient (Wildman–Crippen LogP) is 5.48. The van der Waals surface area contributed by atoms with Crippen LogP contribution in [0.25, 0.3) is 0 Å². The van der Waals surface area contributed by atoms with Gasteiger partial charge in [0, 0.05) is 5.02 Å². The lowest BCUT2D eigenvalue weighted by molar-refractivity contribution is 0.219. The van der Waals surface area contributed by atoms with Crippen LogP contribution in [0, 0.1) is 5.92 Å². The van der Waals surface area contributed by atoms with E-state index in [1.165, 1.54) is 48.9 Å². The van der Waals surface area contributed by atoms with Gasteiger partial charge in [-0.3, -0.25) is 9.89 Å². The highest BCUT2D eigenvalue weighted by atomic mass is 35.5. The number of ether oxygens (including phenoxy) is 1. The van der Waals surface area contributed by atoms with Gasteiger partial charge >= 0.3 is 0 Å². The molecule has 0 N–H and O–H groups in total. The molecule has 2 aliphatic heterocycles. The maximum absolute atomic E-state index is 6.11. The van der Waals surface area contributed by atoms with Crippen molar-refractivity contribution in [1.29, 1.82) is 0 Å². The van der Waals surface area contributed by atoms with Gasteiger partial charge in [-0.15, -0.1) is 0 Å². The molecule has 0 aromatic heterocycles. The Bertz CT molecular complexity index is 840. The molecule has 1 saturated heterocycles. The van der Waals surface area contributed by atoms with Gasteiger partial charge in [0.1, 0.15) is 11.9 Å². The molecule has 0 amide bonds. The molecule has 0 spiro atoms. The van der Waals surface area contributed by atoms with Gasteiger partial charge in [-0.1, -0.05) is 55.1 Å². The molecule has 2 heterocycles. The summed E-state index contributed by atoms with van der Waals surface area (Å²) in [5, 5.41) is 0.778. The number of hydrogen-bond donors (Lipinski definition) is 0. The van der Waals surface area contributed by atoms with Gasteiger partial charge < -0.3 is 4.74 Å². The van der Waals surface area contributed by atoms with Crippen molar-refractivity contribution in [2.24, 2.45) is 10.9 Å². The van der Waals surface area contributed by atoms with E-state index in [0.717, 1.165) is 10.8 Å². The minimum Gasteiger partial charge on any atom is -0.497 e. The number of fused-ring (bicyclic) bond motifs is 1. The number of nitrogens with zero attached hydrogens (tertiary/aromatic N) is 2. The van der Waals surface area contributed by atoms with Gasteiger partial charge in [-0.25, -0.2) is 0 Å². The van der Waals surface area contributed by atoms with Crippen LogP contribution in [0.5, 0.6) is 5.75 Å². The lowest BCUT2D eigenvalue weighted by Crippen LogP contribution is -2.27. The first-order valence-corrected chi connectivity index (χ1v) is 10.4. The van der Waals surface area contributed by atoms with Crippen molar-refractivity contribution in [2.75, 3.05) is 7.11 Å². The van der Waals surface area contributed by atoms with Gasteiger partial charge in [0.15, 0.2) is 0 Å². The first-order chi connectivity index (χ1) is 13.3. The first kappa shape index (κ1) is 17.3. The summed E-state index contributed by atoms with van der Waals surface area (Å²) in [6.07, 6.45) is 7.01. The maximum atomic E-state index is 6.11. The van der Waals surface area contributed by atoms with Crippen LogP contribution in [0.2, 0.25) is 5.02 Å². The van der Waals surface area contributed by atoms with Crippen molar-refractivity contribution >= 4 is 17.3 Å². The molecule has 2 fully saturated rings. The minimum absolute atomic E-state index is 0.327. The second-order valence-corrected chi connectivity index (χ2v) is 8.38. The van der Waals surface area contributed by atoms with Crippen LogP contribution < -0.4 is 4.74 Å². The number of halogens is 1. The van der Waals surface area contributed by atoms with Gasteiger partial charge in [-0.05, 0) is 54.2 Å². The number of aliphatic imine (C=N–C) groups is 1. The van der Waals surface area contributed by atoms with Gasteiger partial charge in [-0.2, -0.15) is 0 Å². The Morgan fingerprint density at radius 2 is 1.63 bits per heavy atom. The van der Waals surface area contributed by atoms with E-state index in [2.05, 4.69) is 41.3 Å². The Hall–Kier alpha value is -1.84. The summed E-state index contributed by atoms with van der Waals surface area (Å²) in [7, 11) is 1.72. The fraction of sp³-hybridized carbons (Fsp3) is 0.435. The maximum Gasteiger partial charge on any atom is 0.118 e. The van der Waals surface area contributed by atoms with Gasteiger partial charge in [0.25, 0.3) is 0 Å². The first-order valence-electron chi connectivity index (χ1n) is 10.0. The largest absolute Gasteiger partial charge is 0.497 e. The molecule has 1 saturated carbocycles. The number of rotatable bonds is 4. The van der Waals surface area contributed by atoms with Crippen molar-refractivity contribution < 1.29 is 4.74 Å². The molecule has 2 aromatic rings. The Balaban J connectivity index is 1.47. The molecule has 1 aliphatic carbocycles. The van der Waals surface area contributed by atoms with E-state index in [1.54, 1.807) is 7.11 Å². The van der Waals surface area contributed by atoms with E-state index in [0.29, 0.717) is 24.2 Å². The number of benzene rings is 2. The number of methoxy groups -OCH3 is 1. The van der Waals surface area contributed by atoms with Crippen molar-refractivity contribution in [1.82, 2.24) is 4.90 Å². The van der Waals surface area contributed by atoms with Crippen LogP contribution in [-0.4, -0.2) is 29.9 Å². The van der Waals surface area contributed by atoms with Crippen LogP contribution in [0.4, 0.5) is 0 Å². The molecule has 27 heavy (non-hydrogen) atoms. The van der Waals surface area contributed by atoms with E-state index in [4.69, 9.17) is 21.3 Å². The second-order valence-electron chi connectivity index (χ2n) is 7.94. The molecule has 3 aliphatic rings. The summed E-state index contributed by atoms with van der Waals surface area (Å²) in [5.74, 6) is 1.60. The summed E-state index contributed by atoms with van der Waals surface area (Å²) in [6.45, 7) is 0. The zero-order valence-corrected chi connectivity index (χ0v) is 16.4. The minimum atomic E-state index is 0.327. The molecular weight excluding hydrogens is 356 g/mol. The third-order valence-corrected chi connectivity index (χ3v) is 6.63. The van der Waals surface area contributed by atoms with Gasteiger partial charge in [0.2, 0.25) is 0 Å². The molecule has 0 radical (unpaired) electrons. The predicted molar refractivity (Wildman–Crippen MR) is 110 cm³/mol. The van der Waals surface area contributed by atoms with Crippen LogP contribution >= 0.6 is 11.6 Å². The Morgan fingerprint density at radius 3 is 2.30 bits per heavy atom. The fourth-order valence-electron chi connectivity index (χ4n) is 4.96. The third kappa shape index (κ3) is 3.07. The highest BCUT2D eigenvalue weighted by molar-refractivity contribution is 6.30. The molecule has 1 unspecified atom stereocenters. The van der Waals surface area contributed by atoms with E-state index < -0.39 is 0 Å². The smallest absolute Gasteiger partial charge is 0.118 e. The molecule has 140 valence electrons. The highest BCUT2D eigenvalue weighted by Crippen LogP contribution is 2.54. The van der Waals surface area contributed by atoms with E-state index in [1.807, 2.05) is 12.1 Å². The quantitative estimate of drug-likeness (QED) is 0.655. The van der Waals surface area contributed by atoms with Crippen molar-refractivity contribution in [3.63, 3.8) is 0 Å². The normalized spacial score (nSPS) is 29.9. The van der Waals surface area contributed by atoms with E-state index >= 15 is 0 Å². The van der Waals surface area contributed by atoms with Crippen molar-refractivity contribution in [3.8, 4) is 5.75 Å². The van der Waals surface area contributed by atoms with Crippen LogP contribution in [0.15, 0.2) is 53.5 Å². The summed E-state index contributed by atoms with van der Waals surface area (Å²) >= 11 is 6.11. The third-order valence-electron chi connectivity index (χ3n) is 6.38. The molecular formula is C23H25ClN2O. The van der Waals surface area contributed by atoms with Crippen LogP contribution in [0.3, 0.4) is 0 Å². The van der Waals surface area contributed by atoms with Crippen molar-refractivity contribution in [3.05, 3.63) is 64.7 Å². The topological polar surface area (TPSA) is 24.6 Å². The standard InChI is InChI=1S/C23H25ClN2O/c1-27-19-13-9-16(10-14-19)21-22-20(15-7-11-18(24)12-8-15)25-23(26(21)22)17-5-3-2-4-6-17/h7-14,17,21-23H,2-6H2,1H3/t21-,22-,23+,26?/m0/s1. The van der Waals surface area contributed by atoms with E-state index in [9.17, 15) is 0 Å². The lowest BCUT2D eigenvalue weighted by Gasteiger charge is -2.28. The molecule has 5 rings (SSSR count). The molecule has 0 bridgehead atoms. The van der Waals surface area contributed by atoms with Crippen LogP contribution in [0.1, 0.15) is 49.3 Å². The number of hydrogen-bond acceptors (Lipinski definition) is 3. The Labute approximate surface area is 166 Å². The van der Waals surface area contributed by atoms with E-state index in [-0.39, 0.29) is 0 Å². The van der Waals surface area contributed by atoms with Gasteiger partial charge in [0.05, 0.1) is 24.9 Å². The van der Waals surface area contributed by atoms with Crippen molar-refractivity contribution in [2.45, 2.75) is 50.4 Å². The average Bonchev–Trinajstić information content (AvgIpc) is 3.33. The lowest BCUT2D eigenvalue weighted by atomic mass is 9.87. The zero-order valence-electron chi connectivity index (χ0n) is 15.6.